The van der Waals surface area contributed by atoms with Crippen molar-refractivity contribution in [3.05, 3.63) is 42.5 Å². The van der Waals surface area contributed by atoms with Crippen molar-refractivity contribution in [3.63, 3.8) is 0 Å². The van der Waals surface area contributed by atoms with Crippen LogP contribution in [0.4, 0.5) is 0 Å². The van der Waals surface area contributed by atoms with Gasteiger partial charge in [0.15, 0.2) is 0 Å². The van der Waals surface area contributed by atoms with Crippen LogP contribution in [0.1, 0.15) is 24.8 Å². The molecule has 1 aliphatic rings. The Balaban J connectivity index is 1.25. The van der Waals surface area contributed by atoms with Crippen molar-refractivity contribution in [1.29, 1.82) is 0 Å². The van der Waals surface area contributed by atoms with Crippen LogP contribution in [0.5, 0.6) is 0 Å². The van der Waals surface area contributed by atoms with Gasteiger partial charge in [-0.05, 0) is 41.2 Å². The smallest absolute Gasteiger partial charge is 0.252 e. The van der Waals surface area contributed by atoms with Gasteiger partial charge in [0.1, 0.15) is 16.6 Å². The van der Waals surface area contributed by atoms with E-state index >= 15 is 0 Å². The van der Waals surface area contributed by atoms with Crippen LogP contribution in [0.3, 0.4) is 0 Å². The summed E-state index contributed by atoms with van der Waals surface area (Å²) in [5, 5.41) is 21.5. The molecule has 1 aromatic carbocycles. The van der Waals surface area contributed by atoms with Gasteiger partial charge in [-0.1, -0.05) is 12.1 Å². The first-order valence-corrected chi connectivity index (χ1v) is 9.53. The Hall–Kier alpha value is -2.78. The Morgan fingerprint density at radius 3 is 2.93 bits per heavy atom. The molecule has 0 bridgehead atoms. The van der Waals surface area contributed by atoms with E-state index in [2.05, 4.69) is 25.5 Å². The molecule has 3 heterocycles. The molecule has 0 atom stereocenters. The third-order valence-electron chi connectivity index (χ3n) is 5.31. The predicted molar refractivity (Wildman–Crippen MR) is 101 cm³/mol. The van der Waals surface area contributed by atoms with Gasteiger partial charge in [-0.3, -0.25) is 9.69 Å². The van der Waals surface area contributed by atoms with E-state index < -0.39 is 5.60 Å². The van der Waals surface area contributed by atoms with E-state index in [9.17, 15) is 9.90 Å². The number of carbonyl (C=O) groups excluding carboxylic acids is 1. The number of amides is 1. The van der Waals surface area contributed by atoms with Gasteiger partial charge in [-0.15, -0.1) is 0 Å². The number of hydrogen-bond donors (Lipinski definition) is 2. The van der Waals surface area contributed by atoms with Crippen LogP contribution in [-0.4, -0.2) is 61.0 Å². The van der Waals surface area contributed by atoms with Crippen LogP contribution in [-0.2, 0) is 17.9 Å². The minimum atomic E-state index is -1.30. The number of carbonyl (C=O) groups is 1. The van der Waals surface area contributed by atoms with E-state index in [0.717, 1.165) is 29.6 Å². The lowest BCUT2D eigenvalue weighted by molar-refractivity contribution is -0.144. The summed E-state index contributed by atoms with van der Waals surface area (Å²) in [4.78, 5) is 18.7. The van der Waals surface area contributed by atoms with Gasteiger partial charge >= 0.3 is 0 Å². The fourth-order valence-electron chi connectivity index (χ4n) is 3.59. The summed E-state index contributed by atoms with van der Waals surface area (Å²) in [7, 11) is 0. The van der Waals surface area contributed by atoms with E-state index in [0.29, 0.717) is 39.0 Å². The minimum absolute atomic E-state index is 0.277. The van der Waals surface area contributed by atoms with Crippen LogP contribution < -0.4 is 5.32 Å². The van der Waals surface area contributed by atoms with Gasteiger partial charge in [0.25, 0.3) is 5.91 Å². The average Bonchev–Trinajstić information content (AvgIpc) is 3.39. The molecule has 3 aromatic rings. The van der Waals surface area contributed by atoms with Gasteiger partial charge < -0.3 is 15.0 Å². The summed E-state index contributed by atoms with van der Waals surface area (Å²) in [6.45, 7) is 3.29. The maximum Gasteiger partial charge on any atom is 0.252 e. The molecule has 0 radical (unpaired) electrons. The van der Waals surface area contributed by atoms with E-state index in [4.69, 9.17) is 4.63 Å². The van der Waals surface area contributed by atoms with Crippen molar-refractivity contribution >= 4 is 16.9 Å². The van der Waals surface area contributed by atoms with E-state index in [1.807, 2.05) is 29.0 Å². The standard InChI is InChI=1S/C19H24N6O3/c26-18(21-7-2-9-25-12-8-20-14-25)19(27)5-10-24(11-6-19)13-15-3-1-4-16-17(15)23-28-22-16/h1,3-4,8,12,14,27H,2,5-7,9-11,13H2,(H,21,26). The van der Waals surface area contributed by atoms with Gasteiger partial charge in [0, 0.05) is 45.1 Å². The highest BCUT2D eigenvalue weighted by Gasteiger charge is 2.39. The SMILES string of the molecule is O=C(NCCCn1ccnc1)C1(O)CCN(Cc2cccc3nonc23)CC1. The van der Waals surface area contributed by atoms with Crippen molar-refractivity contribution in [2.45, 2.75) is 38.0 Å². The monoisotopic (exact) mass is 384 g/mol. The zero-order chi connectivity index (χ0) is 19.4. The third-order valence-corrected chi connectivity index (χ3v) is 5.31. The van der Waals surface area contributed by atoms with Gasteiger partial charge in [0.2, 0.25) is 0 Å². The number of aryl methyl sites for hydroxylation is 1. The Bertz CT molecular complexity index is 915. The molecule has 0 unspecified atom stereocenters. The number of piperidine rings is 1. The molecule has 9 heteroatoms. The number of benzene rings is 1. The van der Waals surface area contributed by atoms with Crippen molar-refractivity contribution in [3.8, 4) is 0 Å². The predicted octanol–water partition coefficient (Wildman–Crippen LogP) is 0.953. The first-order chi connectivity index (χ1) is 13.6. The first kappa shape index (κ1) is 18.6. The summed E-state index contributed by atoms with van der Waals surface area (Å²) < 4.78 is 6.78. The lowest BCUT2D eigenvalue weighted by atomic mass is 9.90. The molecule has 148 valence electrons. The molecule has 0 saturated carbocycles. The lowest BCUT2D eigenvalue weighted by Gasteiger charge is -2.37. The fraction of sp³-hybridized carbons (Fsp3) is 0.474. The van der Waals surface area contributed by atoms with Crippen LogP contribution >= 0.6 is 0 Å². The normalized spacial score (nSPS) is 17.0. The highest BCUT2D eigenvalue weighted by molar-refractivity contribution is 5.85. The molecule has 28 heavy (non-hydrogen) atoms. The van der Waals surface area contributed by atoms with E-state index in [1.54, 1.807) is 12.5 Å². The van der Waals surface area contributed by atoms with Crippen LogP contribution in [0.2, 0.25) is 0 Å². The van der Waals surface area contributed by atoms with E-state index in [1.165, 1.54) is 0 Å². The van der Waals surface area contributed by atoms with Crippen molar-refractivity contribution in [1.82, 2.24) is 30.1 Å². The van der Waals surface area contributed by atoms with Crippen LogP contribution in [0.25, 0.3) is 11.0 Å². The van der Waals surface area contributed by atoms with Gasteiger partial charge in [-0.25, -0.2) is 9.61 Å². The molecule has 0 aliphatic carbocycles. The Morgan fingerprint density at radius 2 is 2.14 bits per heavy atom. The Kier molecular flexibility index (Phi) is 5.36. The maximum atomic E-state index is 12.5. The first-order valence-electron chi connectivity index (χ1n) is 9.53. The Labute approximate surface area is 162 Å². The molecule has 4 rings (SSSR count). The molecule has 0 spiro atoms. The molecule has 1 amide bonds. The molecule has 2 N–H and O–H groups in total. The van der Waals surface area contributed by atoms with Crippen molar-refractivity contribution < 1.29 is 14.5 Å². The Morgan fingerprint density at radius 1 is 1.29 bits per heavy atom. The van der Waals surface area contributed by atoms with E-state index in [-0.39, 0.29) is 5.91 Å². The number of imidazole rings is 1. The highest BCUT2D eigenvalue weighted by Crippen LogP contribution is 2.25. The molecule has 2 aromatic heterocycles. The van der Waals surface area contributed by atoms with Crippen molar-refractivity contribution in [2.75, 3.05) is 19.6 Å². The number of aromatic nitrogens is 4. The number of nitrogens with one attached hydrogen (secondary N) is 1. The number of likely N-dealkylation sites (tertiary alicyclic amines) is 1. The number of rotatable bonds is 7. The summed E-state index contributed by atoms with van der Waals surface area (Å²) in [5.74, 6) is -0.277. The zero-order valence-corrected chi connectivity index (χ0v) is 15.6. The number of nitrogens with zero attached hydrogens (tertiary/aromatic N) is 5. The molecular weight excluding hydrogens is 360 g/mol. The lowest BCUT2D eigenvalue weighted by Crippen LogP contribution is -2.53. The van der Waals surface area contributed by atoms with Crippen molar-refractivity contribution in [2.24, 2.45) is 0 Å². The topological polar surface area (TPSA) is 109 Å². The summed E-state index contributed by atoms with van der Waals surface area (Å²) in [5.41, 5.74) is 1.24. The third kappa shape index (κ3) is 4.05. The quantitative estimate of drug-likeness (QED) is 0.584. The van der Waals surface area contributed by atoms with Gasteiger partial charge in [-0.2, -0.15) is 0 Å². The summed E-state index contributed by atoms with van der Waals surface area (Å²) >= 11 is 0. The largest absolute Gasteiger partial charge is 0.380 e. The second-order valence-corrected chi connectivity index (χ2v) is 7.27. The summed E-state index contributed by atoms with van der Waals surface area (Å²) in [6, 6.07) is 5.79. The maximum absolute atomic E-state index is 12.5. The highest BCUT2D eigenvalue weighted by atomic mass is 16.6. The molecular formula is C19H24N6O3. The molecule has 1 aliphatic heterocycles. The summed E-state index contributed by atoms with van der Waals surface area (Å²) in [6.07, 6.45) is 6.98. The van der Waals surface area contributed by atoms with Crippen LogP contribution in [0.15, 0.2) is 41.5 Å². The molecule has 1 fully saturated rings. The number of aliphatic hydroxyl groups is 1. The average molecular weight is 384 g/mol. The molecule has 9 nitrogen and oxygen atoms in total. The molecule has 1 saturated heterocycles. The van der Waals surface area contributed by atoms with Gasteiger partial charge in [0.05, 0.1) is 6.33 Å². The number of hydrogen-bond acceptors (Lipinski definition) is 7. The second kappa shape index (κ2) is 8.07. The van der Waals surface area contributed by atoms with Crippen LogP contribution in [0, 0.1) is 0 Å². The number of fused-ring (bicyclic) bond motifs is 1. The fourth-order valence-corrected chi connectivity index (χ4v) is 3.59. The minimum Gasteiger partial charge on any atom is -0.380 e. The zero-order valence-electron chi connectivity index (χ0n) is 15.6. The second-order valence-electron chi connectivity index (χ2n) is 7.27.